The summed E-state index contributed by atoms with van der Waals surface area (Å²) in [6, 6.07) is 15.3. The van der Waals surface area contributed by atoms with Crippen LogP contribution in [0.4, 0.5) is 11.6 Å². The summed E-state index contributed by atoms with van der Waals surface area (Å²) in [7, 11) is 0. The number of phenolic OH excluding ortho intramolecular Hbond substituents is 1. The highest BCUT2D eigenvalue weighted by Crippen LogP contribution is 2.22. The number of nitrogens with zero attached hydrogens (tertiary/aromatic N) is 2. The third-order valence-corrected chi connectivity index (χ3v) is 3.20. The first-order chi connectivity index (χ1) is 11.1. The van der Waals surface area contributed by atoms with Crippen molar-refractivity contribution in [2.24, 2.45) is 5.73 Å². The van der Waals surface area contributed by atoms with Crippen LogP contribution in [0, 0.1) is 0 Å². The van der Waals surface area contributed by atoms with E-state index in [0.717, 1.165) is 5.56 Å². The number of aromatic nitrogens is 2. The minimum absolute atomic E-state index is 0.153. The van der Waals surface area contributed by atoms with Crippen molar-refractivity contribution >= 4 is 17.5 Å². The highest BCUT2D eigenvalue weighted by atomic mass is 16.3. The highest BCUT2D eigenvalue weighted by molar-refractivity contribution is 5.94. The maximum absolute atomic E-state index is 11.3. The Hall–Kier alpha value is -3.41. The molecule has 0 bridgehead atoms. The smallest absolute Gasteiger partial charge is 0.248 e. The molecule has 0 radical (unpaired) electrons. The molecule has 0 atom stereocenters. The Labute approximate surface area is 132 Å². The minimum Gasteiger partial charge on any atom is -0.508 e. The van der Waals surface area contributed by atoms with Gasteiger partial charge in [-0.15, -0.1) is 0 Å². The zero-order valence-electron chi connectivity index (χ0n) is 12.1. The molecule has 1 amide bonds. The van der Waals surface area contributed by atoms with E-state index in [2.05, 4.69) is 15.3 Å². The Balaban J connectivity index is 1.91. The number of phenols is 1. The summed E-state index contributed by atoms with van der Waals surface area (Å²) in [5.74, 6) is 0.0527. The molecule has 3 aromatic rings. The number of aromatic hydroxyl groups is 1. The van der Waals surface area contributed by atoms with Gasteiger partial charge in [-0.25, -0.2) is 9.97 Å². The van der Waals surface area contributed by atoms with E-state index in [4.69, 9.17) is 5.73 Å². The van der Waals surface area contributed by atoms with Crippen molar-refractivity contribution in [2.75, 3.05) is 5.32 Å². The molecule has 6 nitrogen and oxygen atoms in total. The van der Waals surface area contributed by atoms with Crippen LogP contribution >= 0.6 is 0 Å². The summed E-state index contributed by atoms with van der Waals surface area (Å²) in [6.07, 6.45) is 1.62. The standard InChI is InChI=1S/C17H14N4O2/c18-16(23)12-4-1-3-11(9-12)15-7-8-19-17(21-15)20-13-5-2-6-14(22)10-13/h1-10,22H,(H2,18,23)(H,19,20,21). The Morgan fingerprint density at radius 2 is 1.91 bits per heavy atom. The molecule has 2 aromatic carbocycles. The SMILES string of the molecule is NC(=O)c1cccc(-c2ccnc(Nc3cccc(O)c3)n2)c1. The fraction of sp³-hybridized carbons (Fsp3) is 0. The van der Waals surface area contributed by atoms with E-state index >= 15 is 0 Å². The second-order valence-corrected chi connectivity index (χ2v) is 4.89. The first-order valence-electron chi connectivity index (χ1n) is 6.91. The summed E-state index contributed by atoms with van der Waals surface area (Å²) in [5.41, 5.74) is 7.82. The highest BCUT2D eigenvalue weighted by Gasteiger charge is 2.06. The van der Waals surface area contributed by atoms with Gasteiger partial charge < -0.3 is 16.2 Å². The maximum atomic E-state index is 11.3. The predicted octanol–water partition coefficient (Wildman–Crippen LogP) is 2.69. The zero-order valence-corrected chi connectivity index (χ0v) is 12.1. The van der Waals surface area contributed by atoms with Crippen LogP contribution in [0.1, 0.15) is 10.4 Å². The Morgan fingerprint density at radius 3 is 2.70 bits per heavy atom. The monoisotopic (exact) mass is 306 g/mol. The molecule has 0 saturated carbocycles. The predicted molar refractivity (Wildman–Crippen MR) is 87.4 cm³/mol. The molecule has 4 N–H and O–H groups in total. The normalized spacial score (nSPS) is 10.3. The summed E-state index contributed by atoms with van der Waals surface area (Å²) >= 11 is 0. The quantitative estimate of drug-likeness (QED) is 0.688. The number of anilines is 2. The van der Waals surface area contributed by atoms with Crippen LogP contribution in [-0.2, 0) is 0 Å². The number of hydrogen-bond donors (Lipinski definition) is 3. The molecule has 1 aromatic heterocycles. The van der Waals surface area contributed by atoms with Crippen LogP contribution in [-0.4, -0.2) is 21.0 Å². The minimum atomic E-state index is -0.487. The molecule has 6 heteroatoms. The van der Waals surface area contributed by atoms with Crippen molar-refractivity contribution in [1.82, 2.24) is 9.97 Å². The van der Waals surface area contributed by atoms with Gasteiger partial charge in [-0.05, 0) is 30.3 Å². The first kappa shape index (κ1) is 14.5. The van der Waals surface area contributed by atoms with E-state index in [1.165, 1.54) is 0 Å². The summed E-state index contributed by atoms with van der Waals surface area (Å²) in [4.78, 5) is 19.8. The largest absolute Gasteiger partial charge is 0.508 e. The van der Waals surface area contributed by atoms with Gasteiger partial charge in [0.25, 0.3) is 0 Å². The first-order valence-corrected chi connectivity index (χ1v) is 6.91. The fourth-order valence-electron chi connectivity index (χ4n) is 2.12. The number of carbonyl (C=O) groups is 1. The van der Waals surface area contributed by atoms with Gasteiger partial charge in [0.15, 0.2) is 0 Å². The average molecular weight is 306 g/mol. The molecular formula is C17H14N4O2. The molecule has 0 unspecified atom stereocenters. The van der Waals surface area contributed by atoms with E-state index in [1.807, 2.05) is 6.07 Å². The molecule has 0 fully saturated rings. The lowest BCUT2D eigenvalue weighted by atomic mass is 10.1. The number of benzene rings is 2. The molecule has 0 aliphatic carbocycles. The molecule has 0 aliphatic rings. The van der Waals surface area contributed by atoms with Crippen molar-refractivity contribution < 1.29 is 9.90 Å². The number of nitrogens with one attached hydrogen (secondary N) is 1. The lowest BCUT2D eigenvalue weighted by Crippen LogP contribution is -2.10. The van der Waals surface area contributed by atoms with E-state index in [1.54, 1.807) is 54.7 Å². The summed E-state index contributed by atoms with van der Waals surface area (Å²) in [6.45, 7) is 0. The molecular weight excluding hydrogens is 292 g/mol. The van der Waals surface area contributed by atoms with Gasteiger partial charge >= 0.3 is 0 Å². The van der Waals surface area contributed by atoms with Crippen LogP contribution in [0.25, 0.3) is 11.3 Å². The third-order valence-electron chi connectivity index (χ3n) is 3.20. The number of primary amides is 1. The van der Waals surface area contributed by atoms with Gasteiger partial charge in [0.05, 0.1) is 5.69 Å². The lowest BCUT2D eigenvalue weighted by molar-refractivity contribution is 0.100. The van der Waals surface area contributed by atoms with Crippen LogP contribution in [0.5, 0.6) is 5.75 Å². The fourth-order valence-corrected chi connectivity index (χ4v) is 2.12. The number of amides is 1. The molecule has 0 saturated heterocycles. The summed E-state index contributed by atoms with van der Waals surface area (Å²) in [5, 5.41) is 12.5. The van der Waals surface area contributed by atoms with Crippen molar-refractivity contribution in [3.05, 3.63) is 66.4 Å². The van der Waals surface area contributed by atoms with E-state index in [9.17, 15) is 9.90 Å². The Kier molecular flexibility index (Phi) is 3.88. The van der Waals surface area contributed by atoms with E-state index in [0.29, 0.717) is 22.9 Å². The summed E-state index contributed by atoms with van der Waals surface area (Å²) < 4.78 is 0. The third kappa shape index (κ3) is 3.44. The van der Waals surface area contributed by atoms with Gasteiger partial charge in [-0.3, -0.25) is 4.79 Å². The van der Waals surface area contributed by atoms with Gasteiger partial charge in [0.1, 0.15) is 5.75 Å². The van der Waals surface area contributed by atoms with E-state index < -0.39 is 5.91 Å². The molecule has 1 heterocycles. The lowest BCUT2D eigenvalue weighted by Gasteiger charge is -2.07. The maximum Gasteiger partial charge on any atom is 0.248 e. The number of nitrogens with two attached hydrogens (primary N) is 1. The van der Waals surface area contributed by atoms with Gasteiger partial charge in [-0.2, -0.15) is 0 Å². The van der Waals surface area contributed by atoms with Gasteiger partial charge in [0.2, 0.25) is 11.9 Å². The number of carbonyl (C=O) groups excluding carboxylic acids is 1. The van der Waals surface area contributed by atoms with Crippen molar-refractivity contribution in [1.29, 1.82) is 0 Å². The second kappa shape index (κ2) is 6.15. The molecule has 3 rings (SSSR count). The van der Waals surface area contributed by atoms with Crippen molar-refractivity contribution in [3.8, 4) is 17.0 Å². The zero-order chi connectivity index (χ0) is 16.2. The van der Waals surface area contributed by atoms with Crippen molar-refractivity contribution in [3.63, 3.8) is 0 Å². The molecule has 0 aliphatic heterocycles. The van der Waals surface area contributed by atoms with Gasteiger partial charge in [0, 0.05) is 29.1 Å². The molecule has 23 heavy (non-hydrogen) atoms. The Bertz CT molecular complexity index is 864. The molecule has 114 valence electrons. The average Bonchev–Trinajstić information content (AvgIpc) is 2.55. The molecule has 0 spiro atoms. The van der Waals surface area contributed by atoms with Gasteiger partial charge in [-0.1, -0.05) is 18.2 Å². The second-order valence-electron chi connectivity index (χ2n) is 4.89. The van der Waals surface area contributed by atoms with Crippen LogP contribution in [0.2, 0.25) is 0 Å². The number of rotatable bonds is 4. The Morgan fingerprint density at radius 1 is 1.09 bits per heavy atom. The van der Waals surface area contributed by atoms with Crippen LogP contribution in [0.3, 0.4) is 0 Å². The number of hydrogen-bond acceptors (Lipinski definition) is 5. The topological polar surface area (TPSA) is 101 Å². The van der Waals surface area contributed by atoms with Crippen molar-refractivity contribution in [2.45, 2.75) is 0 Å². The van der Waals surface area contributed by atoms with Crippen LogP contribution < -0.4 is 11.1 Å². The van der Waals surface area contributed by atoms with E-state index in [-0.39, 0.29) is 5.75 Å². The van der Waals surface area contributed by atoms with Crippen LogP contribution in [0.15, 0.2) is 60.8 Å².